The van der Waals surface area contributed by atoms with Crippen LogP contribution in [-0.2, 0) is 150 Å². The highest BCUT2D eigenvalue weighted by Gasteiger charge is 2.53. The quantitative estimate of drug-likeness (QED) is 0.0208. The summed E-state index contributed by atoms with van der Waals surface area (Å²) in [5.74, 6) is -2.63. The number of ether oxygens (including phenoxy) is 10. The number of carbonyl (C=O) groups is 3. The fourth-order valence-corrected chi connectivity index (χ4v) is 28.8. The summed E-state index contributed by atoms with van der Waals surface area (Å²) in [6.45, 7) is -3.37. The smallest absolute Gasteiger partial charge is 0.398 e. The summed E-state index contributed by atoms with van der Waals surface area (Å²) in [6, 6.07) is 3.04. The number of rotatable bonds is 85. The van der Waals surface area contributed by atoms with Crippen LogP contribution in [0.1, 0.15) is 70.6 Å². The molecule has 130 heavy (non-hydrogen) atoms. The van der Waals surface area contributed by atoms with Crippen LogP contribution in [0.5, 0.6) is 0 Å². The number of unbranched alkanes of at least 4 members (excludes halogenated alkanes) is 3. The third-order valence-electron chi connectivity index (χ3n) is 19.5. The number of nitrogens with one attached hydrogen (secondary N) is 3. The molecule has 59 heteroatoms. The maximum atomic E-state index is 13.8. The fraction of sp³-hybridized carbons (Fsp3) is 0.958. The number of carbonyl (C=O) groups excluding carboxylic acids is 3. The van der Waals surface area contributed by atoms with E-state index in [0.717, 1.165) is 66.5 Å². The zero-order chi connectivity index (χ0) is 99.7. The second-order valence-electron chi connectivity index (χ2n) is 28.1. The minimum absolute atomic E-state index is 0.000540. The summed E-state index contributed by atoms with van der Waals surface area (Å²) < 4.78 is 312. The Balaban J connectivity index is -0.00000187. The largest absolute Gasteiger partial charge is 0.502 e. The number of aliphatic hydroxyl groups is 1. The molecule has 0 saturated carbocycles. The van der Waals surface area contributed by atoms with Gasteiger partial charge in [0, 0.05) is 246 Å². The molecule has 3 amide bonds. The standard InChI is InChI=1S/C26H56F4N2O14Si3.C24H50F4N2O10Si2.C21H44F4N2O10Si2/c1-35-21-25(27,28)46-26(29,30)45-20-24(34)31-12-14-32(18-23(33)19-44-15-11-17-48(38-4,39-5)40-6)13-10-16-47(36-2,37-3)22-49(41-7,42-8)43-9;1-32-21-23(25,26)40-24(27,28)39-20-22(31)30(17-13-19-42(36-5,37-6)38-7)16-11-9-8-10-14-29-15-12-18-41(33-2,34-3)35-4;1-29-18-20(22,23)37-21(24,25)36-17-19(28)27(14-10-16-39(33-5,34-6)35-7)13-8-11-26-12-9-15-38(30-2,31-3)32-4/h23,33H,10-22H2,1-9H3,(H,31,34);29H,8-21H2,1-7H3;26H,8-18H2,1-7H3. The van der Waals surface area contributed by atoms with Gasteiger partial charge in [-0.2, -0.15) is 26.3 Å². The average Bonchev–Trinajstić information content (AvgIpc) is 0.822. The molecule has 1 unspecified atom stereocenters. The van der Waals surface area contributed by atoms with Crippen molar-refractivity contribution in [2.24, 2.45) is 0 Å². The first-order chi connectivity index (χ1) is 61.2. The van der Waals surface area contributed by atoms with Gasteiger partial charge in [0.1, 0.15) is 39.6 Å². The molecule has 0 aromatic carbocycles. The zero-order valence-corrected chi connectivity index (χ0v) is 86.7. The molecule has 0 radical (unpaired) electrons. The number of aliphatic hydroxyl groups excluding tert-OH is 1. The Morgan fingerprint density at radius 3 is 0.969 bits per heavy atom. The monoisotopic (exact) mass is 2050 g/mol. The molecule has 0 aliphatic rings. The van der Waals surface area contributed by atoms with Crippen LogP contribution in [0.3, 0.4) is 0 Å². The van der Waals surface area contributed by atoms with E-state index in [1.54, 1.807) is 21.3 Å². The molecule has 0 saturated heterocycles. The van der Waals surface area contributed by atoms with E-state index in [0.29, 0.717) is 107 Å². The van der Waals surface area contributed by atoms with Crippen molar-refractivity contribution in [3.8, 4) is 0 Å². The number of hydrogen-bond acceptors (Lipinski definition) is 37. The van der Waals surface area contributed by atoms with Crippen molar-refractivity contribution in [3.05, 3.63) is 0 Å². The van der Waals surface area contributed by atoms with Gasteiger partial charge in [-0.25, -0.2) is 14.2 Å². The molecule has 40 nitrogen and oxygen atoms in total. The lowest BCUT2D eigenvalue weighted by molar-refractivity contribution is -0.469. The number of halogens is 12. The first-order valence-electron chi connectivity index (χ1n) is 41.2. The van der Waals surface area contributed by atoms with E-state index in [2.05, 4.69) is 58.6 Å². The molecular weight excluding hydrogens is 1910 g/mol. The van der Waals surface area contributed by atoms with Gasteiger partial charge in [0.2, 0.25) is 17.7 Å². The lowest BCUT2D eigenvalue weighted by Crippen LogP contribution is -2.55. The van der Waals surface area contributed by atoms with Crippen molar-refractivity contribution in [1.29, 1.82) is 0 Å². The zero-order valence-electron chi connectivity index (χ0n) is 79.7. The van der Waals surface area contributed by atoms with Crippen LogP contribution in [0.2, 0.25) is 41.9 Å². The van der Waals surface area contributed by atoms with Crippen LogP contribution in [0.4, 0.5) is 52.7 Å². The summed E-state index contributed by atoms with van der Waals surface area (Å²) in [7, 11) is 13.1. The molecule has 0 heterocycles. The topological polar surface area (TPSA) is 394 Å². The molecule has 0 spiro atoms. The van der Waals surface area contributed by atoms with Gasteiger partial charge in [0.05, 0.1) is 18.4 Å². The maximum absolute atomic E-state index is 13.8. The lowest BCUT2D eigenvalue weighted by Gasteiger charge is -2.34. The van der Waals surface area contributed by atoms with Crippen LogP contribution in [0, 0.1) is 0 Å². The maximum Gasteiger partial charge on any atom is 0.502 e. The van der Waals surface area contributed by atoms with E-state index in [9.17, 15) is 72.2 Å². The normalized spacial score (nSPS) is 13.5. The van der Waals surface area contributed by atoms with E-state index < -0.39 is 162 Å². The van der Waals surface area contributed by atoms with Gasteiger partial charge < -0.3 is 138 Å². The van der Waals surface area contributed by atoms with Crippen molar-refractivity contribution >= 4 is 79.1 Å². The van der Waals surface area contributed by atoms with Gasteiger partial charge >= 0.3 is 98.6 Å². The summed E-state index contributed by atoms with van der Waals surface area (Å²) in [4.78, 5) is 42.0. The molecule has 780 valence electrons. The Morgan fingerprint density at radius 2 is 0.623 bits per heavy atom. The third kappa shape index (κ3) is 57.3. The van der Waals surface area contributed by atoms with E-state index >= 15 is 0 Å². The van der Waals surface area contributed by atoms with Gasteiger partial charge in [0.15, 0.2) is 0 Å². The predicted molar refractivity (Wildman–Crippen MR) is 456 cm³/mol. The second-order valence-corrected chi connectivity index (χ2v) is 50.7. The van der Waals surface area contributed by atoms with Gasteiger partial charge in [-0.3, -0.25) is 33.5 Å². The number of amides is 3. The second kappa shape index (κ2) is 71.2. The van der Waals surface area contributed by atoms with Crippen LogP contribution >= 0.6 is 0 Å². The van der Waals surface area contributed by atoms with Crippen molar-refractivity contribution in [2.45, 2.75) is 156 Å². The van der Waals surface area contributed by atoms with Gasteiger partial charge in [0.25, 0.3) is 0 Å². The first kappa shape index (κ1) is 132. The first-order valence-corrected chi connectivity index (χ1v) is 55.0. The molecule has 0 aromatic rings. The summed E-state index contributed by atoms with van der Waals surface area (Å²) in [6.07, 6.45) is -20.9. The molecule has 4 N–H and O–H groups in total. The molecule has 0 fully saturated rings. The van der Waals surface area contributed by atoms with E-state index in [4.69, 9.17) is 93.3 Å². The molecule has 0 aliphatic carbocycles. The van der Waals surface area contributed by atoms with E-state index in [-0.39, 0.29) is 52.4 Å². The van der Waals surface area contributed by atoms with Gasteiger partial charge in [-0.15, -0.1) is 26.3 Å². The number of hydrogen-bond donors (Lipinski definition) is 4. The van der Waals surface area contributed by atoms with Crippen molar-refractivity contribution < 1.29 is 208 Å². The predicted octanol–water partition coefficient (Wildman–Crippen LogP) is 6.89. The fourth-order valence-electron chi connectivity index (χ4n) is 12.3. The van der Waals surface area contributed by atoms with E-state index in [1.165, 1.54) is 131 Å². The minimum atomic E-state index is -4.75. The number of methoxy groups -OCH3 is 3. The van der Waals surface area contributed by atoms with Crippen LogP contribution in [-0.4, -0.2) is 437 Å². The number of nitrogens with zero attached hydrogens (tertiary/aromatic N) is 3. The Kier molecular flexibility index (Phi) is 72.2. The lowest BCUT2D eigenvalue weighted by atomic mass is 10.2. The molecule has 0 bridgehead atoms. The highest BCUT2D eigenvalue weighted by atomic mass is 28.4. The highest BCUT2D eigenvalue weighted by molar-refractivity contribution is 6.83. The van der Waals surface area contributed by atoms with E-state index in [1.807, 2.05) is 4.90 Å². The molecule has 0 aromatic heterocycles. The minimum Gasteiger partial charge on any atom is -0.398 e. The van der Waals surface area contributed by atoms with Crippen LogP contribution in [0.15, 0.2) is 0 Å². The Hall–Kier alpha value is -2.27. The van der Waals surface area contributed by atoms with Crippen molar-refractivity contribution in [1.82, 2.24) is 30.7 Å². The highest BCUT2D eigenvalue weighted by Crippen LogP contribution is 2.33. The SMILES string of the molecule is COCC(F)(F)OC(F)(F)OCC(=O)N(CCCCCCNCCC[Si](OC)(OC)OC)CCC[Si](OC)(OC)OC.COCC(F)(F)OC(F)(F)OCC(=O)N(CCCNCCC[Si](OC)(OC)OC)CCC[Si](OC)(OC)OC.COCC(F)(F)OC(F)(F)OCC(=O)NCCN(CCC[Si](C[Si](OC)(OC)OC)(OC)OC)CC(O)COCCC[Si](OC)(OC)OC. The summed E-state index contributed by atoms with van der Waals surface area (Å²) in [5.41, 5.74) is 0.314. The molecule has 0 rings (SSSR count). The number of alkyl halides is 12. The third-order valence-corrected chi connectivity index (χ3v) is 42.0. The Morgan fingerprint density at radius 1 is 0.323 bits per heavy atom. The molecular formula is C71H150F12N6O34Si7. The Labute approximate surface area is 765 Å². The molecule has 0 aliphatic heterocycles. The van der Waals surface area contributed by atoms with Crippen LogP contribution < -0.4 is 16.0 Å². The van der Waals surface area contributed by atoms with Gasteiger partial charge in [-0.05, 0) is 96.6 Å². The summed E-state index contributed by atoms with van der Waals surface area (Å²) >= 11 is 0. The molecule has 1 atom stereocenters. The Bertz CT molecular complexity index is 2780. The average molecular weight is 2060 g/mol. The van der Waals surface area contributed by atoms with Crippen molar-refractivity contribution in [3.63, 3.8) is 0 Å². The van der Waals surface area contributed by atoms with Crippen molar-refractivity contribution in [2.75, 3.05) is 295 Å². The van der Waals surface area contributed by atoms with Crippen LogP contribution in [0.25, 0.3) is 0 Å². The van der Waals surface area contributed by atoms with Gasteiger partial charge in [-0.1, -0.05) is 12.8 Å². The summed E-state index contributed by atoms with van der Waals surface area (Å²) in [5, 5.41) is 19.7.